The minimum Gasteiger partial charge on any atom is -0.481 e. The highest BCUT2D eigenvalue weighted by Crippen LogP contribution is 1.94. The van der Waals surface area contributed by atoms with E-state index in [-0.39, 0.29) is 13.0 Å². The van der Waals surface area contributed by atoms with Gasteiger partial charge in [0.05, 0.1) is 18.7 Å². The van der Waals surface area contributed by atoms with Crippen LogP contribution in [0.15, 0.2) is 12.4 Å². The van der Waals surface area contributed by atoms with Crippen LogP contribution in [0.4, 0.5) is 0 Å². The first-order valence-corrected chi connectivity index (χ1v) is 4.32. The van der Waals surface area contributed by atoms with Gasteiger partial charge >= 0.3 is 5.97 Å². The van der Waals surface area contributed by atoms with Crippen LogP contribution in [-0.4, -0.2) is 33.2 Å². The predicted molar refractivity (Wildman–Crippen MR) is 50.7 cm³/mol. The third-order valence-electron chi connectivity index (χ3n) is 1.75. The molecule has 82 valence electrons. The number of nitrogens with one attached hydrogen (secondary N) is 2. The van der Waals surface area contributed by atoms with E-state index in [1.54, 1.807) is 12.4 Å². The molecule has 0 aliphatic carbocycles. The zero-order valence-corrected chi connectivity index (χ0v) is 7.93. The SMILES string of the molecule is NC(CC(=O)O)C(=O)NCc1cn[nH]c1. The van der Waals surface area contributed by atoms with Gasteiger partial charge in [0.25, 0.3) is 0 Å². The number of aliphatic carboxylic acids is 1. The van der Waals surface area contributed by atoms with Gasteiger partial charge in [-0.25, -0.2) is 0 Å². The van der Waals surface area contributed by atoms with E-state index in [2.05, 4.69) is 15.5 Å². The number of amides is 1. The maximum atomic E-state index is 11.2. The number of carbonyl (C=O) groups is 2. The van der Waals surface area contributed by atoms with Crippen molar-refractivity contribution in [2.24, 2.45) is 5.73 Å². The number of nitrogens with two attached hydrogens (primary N) is 1. The number of rotatable bonds is 5. The molecule has 1 unspecified atom stereocenters. The van der Waals surface area contributed by atoms with Crippen molar-refractivity contribution in [3.8, 4) is 0 Å². The van der Waals surface area contributed by atoms with Gasteiger partial charge in [0.2, 0.25) is 5.91 Å². The number of H-pyrrole nitrogens is 1. The number of carboxylic acids is 1. The quantitative estimate of drug-likeness (QED) is 0.490. The van der Waals surface area contributed by atoms with Gasteiger partial charge in [-0.1, -0.05) is 0 Å². The molecule has 0 spiro atoms. The molecule has 1 rings (SSSR count). The molecule has 1 atom stereocenters. The molecule has 0 bridgehead atoms. The van der Waals surface area contributed by atoms with E-state index in [4.69, 9.17) is 10.8 Å². The van der Waals surface area contributed by atoms with Gasteiger partial charge in [-0.05, 0) is 0 Å². The number of carboxylic acid groups (broad SMARTS) is 1. The van der Waals surface area contributed by atoms with Crippen molar-refractivity contribution in [2.45, 2.75) is 19.0 Å². The first kappa shape index (κ1) is 11.2. The summed E-state index contributed by atoms with van der Waals surface area (Å²) in [6.07, 6.45) is 2.81. The second-order valence-corrected chi connectivity index (χ2v) is 3.03. The van der Waals surface area contributed by atoms with Crippen LogP contribution in [0.25, 0.3) is 0 Å². The van der Waals surface area contributed by atoms with Crippen LogP contribution in [-0.2, 0) is 16.1 Å². The van der Waals surface area contributed by atoms with Crippen molar-refractivity contribution < 1.29 is 14.7 Å². The summed E-state index contributed by atoms with van der Waals surface area (Å²) >= 11 is 0. The highest BCUT2D eigenvalue weighted by Gasteiger charge is 2.16. The number of aromatic amines is 1. The van der Waals surface area contributed by atoms with Crippen molar-refractivity contribution in [1.82, 2.24) is 15.5 Å². The van der Waals surface area contributed by atoms with Crippen molar-refractivity contribution in [2.75, 3.05) is 0 Å². The topological polar surface area (TPSA) is 121 Å². The second-order valence-electron chi connectivity index (χ2n) is 3.03. The van der Waals surface area contributed by atoms with E-state index in [1.807, 2.05) is 0 Å². The lowest BCUT2D eigenvalue weighted by atomic mass is 10.2. The zero-order valence-electron chi connectivity index (χ0n) is 7.93. The van der Waals surface area contributed by atoms with E-state index < -0.39 is 17.9 Å². The molecule has 7 nitrogen and oxygen atoms in total. The molecule has 1 aromatic rings. The number of nitrogens with zero attached hydrogens (tertiary/aromatic N) is 1. The standard InChI is InChI=1S/C8H12N4O3/c9-6(1-7(13)14)8(15)10-2-5-3-11-12-4-5/h3-4,6H,1-2,9H2,(H,10,15)(H,11,12)(H,13,14). The summed E-state index contributed by atoms with van der Waals surface area (Å²) < 4.78 is 0. The van der Waals surface area contributed by atoms with E-state index >= 15 is 0 Å². The molecule has 0 fully saturated rings. The Labute approximate surface area is 85.7 Å². The fourth-order valence-corrected chi connectivity index (χ4v) is 0.975. The minimum atomic E-state index is -1.10. The fraction of sp³-hybridized carbons (Fsp3) is 0.375. The lowest BCUT2D eigenvalue weighted by Crippen LogP contribution is -2.41. The van der Waals surface area contributed by atoms with E-state index in [0.29, 0.717) is 0 Å². The van der Waals surface area contributed by atoms with Crippen molar-refractivity contribution in [1.29, 1.82) is 0 Å². The predicted octanol–water partition coefficient (Wildman–Crippen LogP) is -1.17. The Morgan fingerprint density at radius 2 is 2.40 bits per heavy atom. The zero-order chi connectivity index (χ0) is 11.3. The number of hydrogen-bond donors (Lipinski definition) is 4. The molecule has 1 amide bonds. The van der Waals surface area contributed by atoms with Gasteiger partial charge in [-0.2, -0.15) is 5.10 Å². The summed E-state index contributed by atoms with van der Waals surface area (Å²) in [7, 11) is 0. The summed E-state index contributed by atoms with van der Waals surface area (Å²) in [4.78, 5) is 21.5. The van der Waals surface area contributed by atoms with Gasteiger partial charge in [0.15, 0.2) is 0 Å². The molecular weight excluding hydrogens is 200 g/mol. The van der Waals surface area contributed by atoms with Crippen LogP contribution in [0, 0.1) is 0 Å². The van der Waals surface area contributed by atoms with Crippen LogP contribution in [0.5, 0.6) is 0 Å². The summed E-state index contributed by atoms with van der Waals surface area (Å²) in [5.74, 6) is -1.58. The maximum absolute atomic E-state index is 11.2. The first-order valence-electron chi connectivity index (χ1n) is 4.32. The van der Waals surface area contributed by atoms with Crippen molar-refractivity contribution in [3.63, 3.8) is 0 Å². The number of hydrogen-bond acceptors (Lipinski definition) is 4. The van der Waals surface area contributed by atoms with Crippen LogP contribution in [0.2, 0.25) is 0 Å². The summed E-state index contributed by atoms with van der Waals surface area (Å²) in [5, 5.41) is 17.2. The Hall–Kier alpha value is -1.89. The highest BCUT2D eigenvalue weighted by atomic mass is 16.4. The van der Waals surface area contributed by atoms with Crippen LogP contribution >= 0.6 is 0 Å². The molecule has 5 N–H and O–H groups in total. The van der Waals surface area contributed by atoms with Crippen LogP contribution in [0.1, 0.15) is 12.0 Å². The Bertz CT molecular complexity index is 336. The molecule has 7 heteroatoms. The summed E-state index contributed by atoms with van der Waals surface area (Å²) in [6, 6.07) is -1.02. The third-order valence-corrected chi connectivity index (χ3v) is 1.75. The summed E-state index contributed by atoms with van der Waals surface area (Å²) in [6.45, 7) is 0.280. The summed E-state index contributed by atoms with van der Waals surface area (Å²) in [5.41, 5.74) is 6.14. The second kappa shape index (κ2) is 5.11. The smallest absolute Gasteiger partial charge is 0.305 e. The minimum absolute atomic E-state index is 0.280. The fourth-order valence-electron chi connectivity index (χ4n) is 0.975. The number of aromatic nitrogens is 2. The van der Waals surface area contributed by atoms with Crippen LogP contribution < -0.4 is 11.1 Å². The maximum Gasteiger partial charge on any atom is 0.305 e. The highest BCUT2D eigenvalue weighted by molar-refractivity contribution is 5.85. The third kappa shape index (κ3) is 3.77. The van der Waals surface area contributed by atoms with Crippen molar-refractivity contribution in [3.05, 3.63) is 18.0 Å². The average molecular weight is 212 g/mol. The molecule has 0 aliphatic heterocycles. The normalized spacial score (nSPS) is 12.1. The van der Waals surface area contributed by atoms with E-state index in [0.717, 1.165) is 5.56 Å². The van der Waals surface area contributed by atoms with Gasteiger partial charge in [0, 0.05) is 18.3 Å². The van der Waals surface area contributed by atoms with Crippen LogP contribution in [0.3, 0.4) is 0 Å². The Morgan fingerprint density at radius 3 is 2.93 bits per heavy atom. The van der Waals surface area contributed by atoms with E-state index in [1.165, 1.54) is 0 Å². The largest absolute Gasteiger partial charge is 0.481 e. The lowest BCUT2D eigenvalue weighted by molar-refractivity contribution is -0.139. The average Bonchev–Trinajstić information content (AvgIpc) is 2.65. The molecular formula is C8H12N4O3. The van der Waals surface area contributed by atoms with Gasteiger partial charge in [-0.15, -0.1) is 0 Å². The van der Waals surface area contributed by atoms with Crippen molar-refractivity contribution >= 4 is 11.9 Å². The Morgan fingerprint density at radius 1 is 1.67 bits per heavy atom. The van der Waals surface area contributed by atoms with Gasteiger partial charge in [0.1, 0.15) is 0 Å². The first-order chi connectivity index (χ1) is 7.09. The lowest BCUT2D eigenvalue weighted by Gasteiger charge is -2.08. The molecule has 1 heterocycles. The Kier molecular flexibility index (Phi) is 3.81. The molecule has 0 saturated carbocycles. The molecule has 15 heavy (non-hydrogen) atoms. The molecule has 1 aromatic heterocycles. The molecule has 0 aliphatic rings. The molecule has 0 aromatic carbocycles. The van der Waals surface area contributed by atoms with Gasteiger partial charge < -0.3 is 16.2 Å². The van der Waals surface area contributed by atoms with Gasteiger partial charge in [-0.3, -0.25) is 14.7 Å². The number of carbonyl (C=O) groups excluding carboxylic acids is 1. The Balaban J connectivity index is 2.32. The monoisotopic (exact) mass is 212 g/mol. The van der Waals surface area contributed by atoms with E-state index in [9.17, 15) is 9.59 Å². The molecule has 0 saturated heterocycles. The molecule has 0 radical (unpaired) electrons.